The van der Waals surface area contributed by atoms with Crippen LogP contribution < -0.4 is 0 Å². The summed E-state index contributed by atoms with van der Waals surface area (Å²) >= 11 is 4.09. The second kappa shape index (κ2) is 6.27. The van der Waals surface area contributed by atoms with Crippen LogP contribution >= 0.6 is 45.2 Å². The van der Waals surface area contributed by atoms with Crippen molar-refractivity contribution in [1.82, 2.24) is 4.90 Å². The SMILES string of the molecule is CC1(C(=O)O)CCN(C(=O)c2cc(I)cc(I)c2O)CC1. The average Bonchev–Trinajstić information content (AvgIpc) is 2.42. The third-order valence-corrected chi connectivity index (χ3v) is 5.37. The van der Waals surface area contributed by atoms with Gasteiger partial charge in [0.05, 0.1) is 14.5 Å². The molecule has 0 radical (unpaired) electrons. The molecule has 114 valence electrons. The second-order valence-electron chi connectivity index (χ2n) is 5.44. The molecule has 1 aromatic rings. The molecule has 21 heavy (non-hydrogen) atoms. The normalized spacial score (nSPS) is 17.6. The number of carboxylic acids is 1. The van der Waals surface area contributed by atoms with Gasteiger partial charge in [-0.2, -0.15) is 0 Å². The topological polar surface area (TPSA) is 77.8 Å². The summed E-state index contributed by atoms with van der Waals surface area (Å²) < 4.78 is 1.51. The number of aliphatic carboxylic acids is 1. The molecule has 0 unspecified atom stereocenters. The summed E-state index contributed by atoms with van der Waals surface area (Å²) in [4.78, 5) is 25.4. The summed E-state index contributed by atoms with van der Waals surface area (Å²) in [5.74, 6) is -1.06. The number of piperidine rings is 1. The lowest BCUT2D eigenvalue weighted by Crippen LogP contribution is -2.45. The molecule has 1 heterocycles. The van der Waals surface area contributed by atoms with Gasteiger partial charge in [-0.05, 0) is 77.1 Å². The number of hydrogen-bond donors (Lipinski definition) is 2. The number of halogens is 2. The first kappa shape index (κ1) is 16.8. The molecule has 1 amide bonds. The molecule has 5 nitrogen and oxygen atoms in total. The molecule has 2 N–H and O–H groups in total. The lowest BCUT2D eigenvalue weighted by atomic mass is 9.80. The molecular formula is C14H15I2NO4. The van der Waals surface area contributed by atoms with Gasteiger partial charge in [-0.15, -0.1) is 0 Å². The van der Waals surface area contributed by atoms with Crippen molar-refractivity contribution in [2.45, 2.75) is 19.8 Å². The van der Waals surface area contributed by atoms with Gasteiger partial charge in [0.1, 0.15) is 5.75 Å². The predicted octanol–water partition coefficient (Wildman–Crippen LogP) is 2.93. The van der Waals surface area contributed by atoms with E-state index in [9.17, 15) is 19.8 Å². The molecule has 0 aliphatic carbocycles. The Kier molecular flexibility index (Phi) is 5.01. The van der Waals surface area contributed by atoms with Crippen molar-refractivity contribution < 1.29 is 19.8 Å². The zero-order valence-electron chi connectivity index (χ0n) is 11.4. The van der Waals surface area contributed by atoms with Gasteiger partial charge in [0.25, 0.3) is 5.91 Å². The zero-order chi connectivity index (χ0) is 15.8. The number of aromatic hydroxyl groups is 1. The van der Waals surface area contributed by atoms with Crippen LogP contribution in [-0.4, -0.2) is 40.1 Å². The molecule has 2 rings (SSSR count). The Bertz CT molecular complexity index is 595. The molecule has 1 fully saturated rings. The largest absolute Gasteiger partial charge is 0.506 e. The van der Waals surface area contributed by atoms with Crippen LogP contribution in [0.3, 0.4) is 0 Å². The van der Waals surface area contributed by atoms with E-state index in [2.05, 4.69) is 22.6 Å². The summed E-state index contributed by atoms with van der Waals surface area (Å²) in [7, 11) is 0. The summed E-state index contributed by atoms with van der Waals surface area (Å²) in [5, 5.41) is 19.3. The average molecular weight is 515 g/mol. The summed E-state index contributed by atoms with van der Waals surface area (Å²) in [6.45, 7) is 2.50. The minimum Gasteiger partial charge on any atom is -0.506 e. The molecule has 1 aliphatic heterocycles. The Morgan fingerprint density at radius 2 is 1.81 bits per heavy atom. The van der Waals surface area contributed by atoms with Crippen molar-refractivity contribution in [3.05, 3.63) is 24.8 Å². The Hall–Kier alpha value is -0.580. The van der Waals surface area contributed by atoms with E-state index in [-0.39, 0.29) is 17.2 Å². The first-order chi connectivity index (χ1) is 9.74. The maximum Gasteiger partial charge on any atom is 0.309 e. The molecule has 1 aromatic carbocycles. The number of phenolic OH excluding ortho intramolecular Hbond substituents is 1. The van der Waals surface area contributed by atoms with Gasteiger partial charge in [-0.3, -0.25) is 9.59 Å². The number of benzene rings is 1. The molecule has 7 heteroatoms. The summed E-state index contributed by atoms with van der Waals surface area (Å²) in [6, 6.07) is 3.45. The highest BCUT2D eigenvalue weighted by Gasteiger charge is 2.38. The van der Waals surface area contributed by atoms with Gasteiger partial charge >= 0.3 is 5.97 Å². The maximum absolute atomic E-state index is 12.5. The fourth-order valence-corrected chi connectivity index (χ4v) is 4.16. The van der Waals surface area contributed by atoms with E-state index in [1.165, 1.54) is 0 Å². The number of phenols is 1. The molecule has 0 bridgehead atoms. The lowest BCUT2D eigenvalue weighted by Gasteiger charge is -2.36. The molecule has 0 saturated carbocycles. The number of rotatable bonds is 2. The lowest BCUT2D eigenvalue weighted by molar-refractivity contribution is -0.150. The number of amides is 1. The third kappa shape index (κ3) is 3.43. The van der Waals surface area contributed by atoms with Crippen molar-refractivity contribution in [1.29, 1.82) is 0 Å². The van der Waals surface area contributed by atoms with E-state index in [0.29, 0.717) is 29.5 Å². The third-order valence-electron chi connectivity index (χ3n) is 3.93. The molecule has 0 aromatic heterocycles. The van der Waals surface area contributed by atoms with E-state index in [1.807, 2.05) is 22.6 Å². The number of carbonyl (C=O) groups is 2. The van der Waals surface area contributed by atoms with Crippen molar-refractivity contribution >= 4 is 57.1 Å². The quantitative estimate of drug-likeness (QED) is 0.595. The highest BCUT2D eigenvalue weighted by molar-refractivity contribution is 14.1. The summed E-state index contributed by atoms with van der Waals surface area (Å²) in [6.07, 6.45) is 0.853. The predicted molar refractivity (Wildman–Crippen MR) is 94.4 cm³/mol. The van der Waals surface area contributed by atoms with Gasteiger partial charge < -0.3 is 15.1 Å². The number of nitrogens with zero attached hydrogens (tertiary/aromatic N) is 1. The van der Waals surface area contributed by atoms with Gasteiger partial charge in [0.2, 0.25) is 0 Å². The number of likely N-dealkylation sites (tertiary alicyclic amines) is 1. The van der Waals surface area contributed by atoms with E-state index < -0.39 is 11.4 Å². The Morgan fingerprint density at radius 1 is 1.24 bits per heavy atom. The highest BCUT2D eigenvalue weighted by Crippen LogP contribution is 2.33. The fourth-order valence-electron chi connectivity index (χ4n) is 2.32. The van der Waals surface area contributed by atoms with Crippen LogP contribution in [-0.2, 0) is 4.79 Å². The molecule has 1 aliphatic rings. The second-order valence-corrected chi connectivity index (χ2v) is 7.85. The Balaban J connectivity index is 2.18. The monoisotopic (exact) mass is 515 g/mol. The fraction of sp³-hybridized carbons (Fsp3) is 0.429. The van der Waals surface area contributed by atoms with Gasteiger partial charge in [0, 0.05) is 16.7 Å². The summed E-state index contributed by atoms with van der Waals surface area (Å²) in [5.41, 5.74) is -0.483. The smallest absolute Gasteiger partial charge is 0.309 e. The van der Waals surface area contributed by atoms with E-state index >= 15 is 0 Å². The van der Waals surface area contributed by atoms with Crippen LogP contribution in [0.1, 0.15) is 30.1 Å². The number of hydrogen-bond acceptors (Lipinski definition) is 3. The Morgan fingerprint density at radius 3 is 2.33 bits per heavy atom. The van der Waals surface area contributed by atoms with Crippen molar-refractivity contribution in [3.63, 3.8) is 0 Å². The highest BCUT2D eigenvalue weighted by atomic mass is 127. The van der Waals surface area contributed by atoms with Crippen molar-refractivity contribution in [2.75, 3.05) is 13.1 Å². The van der Waals surface area contributed by atoms with Gasteiger partial charge in [-0.1, -0.05) is 0 Å². The van der Waals surface area contributed by atoms with Crippen LogP contribution in [0.15, 0.2) is 12.1 Å². The number of carboxylic acid groups (broad SMARTS) is 1. The van der Waals surface area contributed by atoms with Crippen LogP contribution in [0.4, 0.5) is 0 Å². The van der Waals surface area contributed by atoms with Crippen LogP contribution in [0.25, 0.3) is 0 Å². The van der Waals surface area contributed by atoms with E-state index in [0.717, 1.165) is 3.57 Å². The van der Waals surface area contributed by atoms with E-state index in [1.54, 1.807) is 24.0 Å². The molecule has 0 spiro atoms. The van der Waals surface area contributed by atoms with Gasteiger partial charge in [0.15, 0.2) is 0 Å². The maximum atomic E-state index is 12.5. The minimum atomic E-state index is -0.818. The molecule has 0 atom stereocenters. The van der Waals surface area contributed by atoms with E-state index in [4.69, 9.17) is 0 Å². The van der Waals surface area contributed by atoms with Gasteiger partial charge in [-0.25, -0.2) is 0 Å². The first-order valence-corrected chi connectivity index (χ1v) is 8.61. The van der Waals surface area contributed by atoms with Crippen LogP contribution in [0.2, 0.25) is 0 Å². The molecule has 1 saturated heterocycles. The van der Waals surface area contributed by atoms with Crippen molar-refractivity contribution in [3.8, 4) is 5.75 Å². The van der Waals surface area contributed by atoms with Crippen molar-refractivity contribution in [2.24, 2.45) is 5.41 Å². The minimum absolute atomic E-state index is 0.00687. The Labute approximate surface area is 150 Å². The van der Waals surface area contributed by atoms with Crippen LogP contribution in [0.5, 0.6) is 5.75 Å². The standard InChI is InChI=1S/C14H15I2NO4/c1-14(13(20)21)2-4-17(5-3-14)12(19)9-6-8(15)7-10(16)11(9)18/h6-7,18H,2-5H2,1H3,(H,20,21). The number of carbonyl (C=O) groups excluding carboxylic acids is 1. The first-order valence-electron chi connectivity index (χ1n) is 6.45. The van der Waals surface area contributed by atoms with Crippen LogP contribution in [0, 0.1) is 12.6 Å². The zero-order valence-corrected chi connectivity index (χ0v) is 15.7. The molecular weight excluding hydrogens is 500 g/mol.